The molecule has 0 aliphatic heterocycles. The molecule has 2 aromatic rings. The van der Waals surface area contributed by atoms with Gasteiger partial charge in [-0.2, -0.15) is 0 Å². The second-order valence-corrected chi connectivity index (χ2v) is 5.41. The molecule has 0 atom stereocenters. The summed E-state index contributed by atoms with van der Waals surface area (Å²) in [7, 11) is 0. The molecule has 3 heteroatoms. The highest BCUT2D eigenvalue weighted by Gasteiger charge is 2.28. The number of carbonyl (C=O) groups excluding carboxylic acids is 1. The summed E-state index contributed by atoms with van der Waals surface area (Å²) in [6.07, 6.45) is 0.507. The fourth-order valence-electron chi connectivity index (χ4n) is 2.52. The van der Waals surface area contributed by atoms with Gasteiger partial charge >= 0.3 is 0 Å². The molecule has 3 rings (SSSR count). The van der Waals surface area contributed by atoms with E-state index >= 15 is 0 Å². The third-order valence-electron chi connectivity index (χ3n) is 3.57. The van der Waals surface area contributed by atoms with Crippen molar-refractivity contribution in [3.05, 3.63) is 82.6 Å². The van der Waals surface area contributed by atoms with E-state index in [-0.39, 0.29) is 11.6 Å². The summed E-state index contributed by atoms with van der Waals surface area (Å²) < 4.78 is 13.1. The first kappa shape index (κ1) is 13.8. The van der Waals surface area contributed by atoms with Crippen molar-refractivity contribution < 1.29 is 9.18 Å². The molecule has 0 saturated heterocycles. The number of hydrogen-bond donors (Lipinski definition) is 0. The predicted octanol–water partition coefficient (Wildman–Crippen LogP) is 4.92. The Kier molecular flexibility index (Phi) is 3.48. The van der Waals surface area contributed by atoms with Gasteiger partial charge in [0.25, 0.3) is 0 Å². The van der Waals surface area contributed by atoms with Gasteiger partial charge in [-0.3, -0.25) is 4.79 Å². The molecule has 0 heterocycles. The molecule has 2 aromatic carbocycles. The van der Waals surface area contributed by atoms with Gasteiger partial charge in [-0.25, -0.2) is 4.39 Å². The number of benzene rings is 2. The lowest BCUT2D eigenvalue weighted by molar-refractivity contribution is -0.110. The first-order valence-corrected chi connectivity index (χ1v) is 6.91. The zero-order chi connectivity index (χ0) is 15.0. The third-order valence-corrected chi connectivity index (χ3v) is 3.82. The first-order valence-electron chi connectivity index (χ1n) is 6.54. The van der Waals surface area contributed by atoms with E-state index in [1.807, 2.05) is 12.1 Å². The lowest BCUT2D eigenvalue weighted by atomic mass is 9.97. The highest BCUT2D eigenvalue weighted by Crippen LogP contribution is 2.39. The summed E-state index contributed by atoms with van der Waals surface area (Å²) in [5.74, 6) is -0.400. The fourth-order valence-corrected chi connectivity index (χ4v) is 2.64. The molecule has 0 bridgehead atoms. The molecule has 0 amide bonds. The average molecular weight is 299 g/mol. The van der Waals surface area contributed by atoms with Gasteiger partial charge < -0.3 is 0 Å². The Hall–Kier alpha value is -2.19. The van der Waals surface area contributed by atoms with Gasteiger partial charge in [-0.05, 0) is 46.5 Å². The second kappa shape index (κ2) is 5.30. The molecule has 1 aliphatic carbocycles. The maximum atomic E-state index is 13.1. The number of rotatable bonds is 2. The number of hydrogen-bond acceptors (Lipinski definition) is 1. The SMILES string of the molecule is C=C1CC(c2ccc(Cl)cc2)=C(c2ccc(F)cc2)C1=O. The van der Waals surface area contributed by atoms with Crippen LogP contribution < -0.4 is 0 Å². The fraction of sp³-hybridized carbons (Fsp3) is 0.0556. The Balaban J connectivity index is 2.16. The zero-order valence-electron chi connectivity index (χ0n) is 11.2. The number of ketones is 1. The van der Waals surface area contributed by atoms with Crippen LogP contribution in [0.2, 0.25) is 5.02 Å². The van der Waals surface area contributed by atoms with Crippen molar-refractivity contribution in [3.8, 4) is 0 Å². The van der Waals surface area contributed by atoms with Crippen molar-refractivity contribution in [2.45, 2.75) is 6.42 Å². The van der Waals surface area contributed by atoms with Gasteiger partial charge in [0, 0.05) is 17.0 Å². The van der Waals surface area contributed by atoms with Gasteiger partial charge in [0.05, 0.1) is 0 Å². The lowest BCUT2D eigenvalue weighted by Gasteiger charge is -2.07. The van der Waals surface area contributed by atoms with Crippen molar-refractivity contribution in [1.82, 2.24) is 0 Å². The molecule has 0 spiro atoms. The quantitative estimate of drug-likeness (QED) is 0.719. The molecule has 0 radical (unpaired) electrons. The van der Waals surface area contributed by atoms with Gasteiger partial charge in [0.1, 0.15) is 5.82 Å². The van der Waals surface area contributed by atoms with E-state index in [4.69, 9.17) is 11.6 Å². The van der Waals surface area contributed by atoms with Crippen LogP contribution in [0.25, 0.3) is 11.1 Å². The summed E-state index contributed by atoms with van der Waals surface area (Å²) in [4.78, 5) is 12.4. The number of halogens is 2. The first-order chi connectivity index (χ1) is 10.1. The maximum Gasteiger partial charge on any atom is 0.189 e. The standard InChI is InChI=1S/C18H12ClFO/c1-11-10-16(12-2-6-14(19)7-3-12)17(18(11)21)13-4-8-15(20)9-5-13/h2-9H,1,10H2. The van der Waals surface area contributed by atoms with Crippen LogP contribution in [-0.2, 0) is 4.79 Å². The summed E-state index contributed by atoms with van der Waals surface area (Å²) in [5, 5.41) is 0.644. The Labute approximate surface area is 127 Å². The topological polar surface area (TPSA) is 17.1 Å². The van der Waals surface area contributed by atoms with E-state index < -0.39 is 0 Å². The minimum absolute atomic E-state index is 0.0773. The van der Waals surface area contributed by atoms with Crippen LogP contribution in [0.1, 0.15) is 17.5 Å². The molecular formula is C18H12ClFO. The lowest BCUT2D eigenvalue weighted by Crippen LogP contribution is -1.98. The molecular weight excluding hydrogens is 287 g/mol. The van der Waals surface area contributed by atoms with E-state index in [0.29, 0.717) is 28.2 Å². The van der Waals surface area contributed by atoms with Gasteiger partial charge in [0.15, 0.2) is 5.78 Å². The number of carbonyl (C=O) groups is 1. The number of Topliss-reactive ketones (excluding diaryl/α,β-unsaturated/α-hetero) is 1. The Morgan fingerprint density at radius 2 is 1.52 bits per heavy atom. The molecule has 1 aliphatic rings. The van der Waals surface area contributed by atoms with E-state index in [9.17, 15) is 9.18 Å². The molecule has 0 saturated carbocycles. The van der Waals surface area contributed by atoms with Crippen molar-refractivity contribution >= 4 is 28.5 Å². The minimum atomic E-state index is -0.323. The summed E-state index contributed by atoms with van der Waals surface area (Å²) in [5.41, 5.74) is 3.71. The minimum Gasteiger partial charge on any atom is -0.289 e. The van der Waals surface area contributed by atoms with Crippen LogP contribution in [0, 0.1) is 5.82 Å². The Morgan fingerprint density at radius 1 is 0.952 bits per heavy atom. The van der Waals surface area contributed by atoms with Crippen molar-refractivity contribution in [2.24, 2.45) is 0 Å². The second-order valence-electron chi connectivity index (χ2n) is 4.98. The molecule has 0 unspecified atom stereocenters. The third kappa shape index (κ3) is 2.55. The predicted molar refractivity (Wildman–Crippen MR) is 83.4 cm³/mol. The molecule has 0 N–H and O–H groups in total. The Morgan fingerprint density at radius 3 is 2.14 bits per heavy atom. The van der Waals surface area contributed by atoms with Gasteiger partial charge in [-0.15, -0.1) is 0 Å². The smallest absolute Gasteiger partial charge is 0.189 e. The van der Waals surface area contributed by atoms with E-state index in [1.165, 1.54) is 12.1 Å². The Bertz CT molecular complexity index is 755. The molecule has 0 aromatic heterocycles. The van der Waals surface area contributed by atoms with Crippen LogP contribution >= 0.6 is 11.6 Å². The van der Waals surface area contributed by atoms with Crippen LogP contribution in [0.15, 0.2) is 60.7 Å². The molecule has 1 nitrogen and oxygen atoms in total. The van der Waals surface area contributed by atoms with Crippen LogP contribution in [0.3, 0.4) is 0 Å². The van der Waals surface area contributed by atoms with E-state index in [2.05, 4.69) is 6.58 Å². The zero-order valence-corrected chi connectivity index (χ0v) is 12.0. The summed E-state index contributed by atoms with van der Waals surface area (Å²) in [6.45, 7) is 3.83. The monoisotopic (exact) mass is 298 g/mol. The molecule has 0 fully saturated rings. The van der Waals surface area contributed by atoms with Crippen molar-refractivity contribution in [1.29, 1.82) is 0 Å². The number of allylic oxidation sites excluding steroid dienone is 3. The van der Waals surface area contributed by atoms with Gasteiger partial charge in [0.2, 0.25) is 0 Å². The van der Waals surface area contributed by atoms with Crippen LogP contribution in [-0.4, -0.2) is 5.78 Å². The highest BCUT2D eigenvalue weighted by molar-refractivity contribution is 6.38. The average Bonchev–Trinajstić information content (AvgIpc) is 2.77. The maximum absolute atomic E-state index is 13.1. The van der Waals surface area contributed by atoms with Crippen LogP contribution in [0.5, 0.6) is 0 Å². The van der Waals surface area contributed by atoms with Crippen molar-refractivity contribution in [3.63, 3.8) is 0 Å². The van der Waals surface area contributed by atoms with E-state index in [0.717, 1.165) is 11.1 Å². The summed E-state index contributed by atoms with van der Waals surface area (Å²) in [6, 6.07) is 13.3. The normalized spacial score (nSPS) is 15.0. The summed E-state index contributed by atoms with van der Waals surface area (Å²) >= 11 is 5.90. The van der Waals surface area contributed by atoms with Crippen molar-refractivity contribution in [2.75, 3.05) is 0 Å². The van der Waals surface area contributed by atoms with Crippen LogP contribution in [0.4, 0.5) is 4.39 Å². The van der Waals surface area contributed by atoms with Gasteiger partial charge in [-0.1, -0.05) is 42.4 Å². The largest absolute Gasteiger partial charge is 0.289 e. The highest BCUT2D eigenvalue weighted by atomic mass is 35.5. The molecule has 21 heavy (non-hydrogen) atoms. The molecule has 104 valence electrons. The van der Waals surface area contributed by atoms with E-state index in [1.54, 1.807) is 24.3 Å².